The van der Waals surface area contributed by atoms with Crippen molar-refractivity contribution < 1.29 is 5.11 Å². The summed E-state index contributed by atoms with van der Waals surface area (Å²) in [7, 11) is 0. The highest BCUT2D eigenvalue weighted by molar-refractivity contribution is 5.31. The number of phenols is 1. The third kappa shape index (κ3) is 1.75. The van der Waals surface area contributed by atoms with Gasteiger partial charge in [0.1, 0.15) is 5.75 Å². The molecule has 0 spiro atoms. The highest BCUT2D eigenvalue weighted by atomic mass is 16.3. The number of phenolic OH excluding ortho intramolecular Hbond substituents is 1. The molecule has 1 fully saturated rings. The molecule has 1 aliphatic heterocycles. The molecule has 2 rings (SSSR count). The minimum Gasteiger partial charge on any atom is -0.508 e. The van der Waals surface area contributed by atoms with Gasteiger partial charge in [-0.2, -0.15) is 0 Å². The van der Waals surface area contributed by atoms with Crippen molar-refractivity contribution in [2.45, 2.75) is 25.8 Å². The number of benzene rings is 1. The van der Waals surface area contributed by atoms with Crippen molar-refractivity contribution in [3.63, 3.8) is 0 Å². The van der Waals surface area contributed by atoms with E-state index in [1.165, 1.54) is 5.56 Å². The molecule has 0 unspecified atom stereocenters. The Morgan fingerprint density at radius 2 is 2.07 bits per heavy atom. The Balaban J connectivity index is 2.00. The summed E-state index contributed by atoms with van der Waals surface area (Å²) in [5.41, 5.74) is 1.27. The van der Waals surface area contributed by atoms with Crippen LogP contribution in [0.15, 0.2) is 24.3 Å². The van der Waals surface area contributed by atoms with E-state index in [4.69, 9.17) is 0 Å². The molecule has 1 aromatic carbocycles. The fourth-order valence-electron chi connectivity index (χ4n) is 1.92. The first-order chi connectivity index (χ1) is 6.66. The maximum absolute atomic E-state index is 9.34. The molecule has 2 heteroatoms. The van der Waals surface area contributed by atoms with E-state index in [-0.39, 0.29) is 0 Å². The molecule has 1 aliphatic rings. The Labute approximate surface area is 85.2 Å². The van der Waals surface area contributed by atoms with Gasteiger partial charge in [0.15, 0.2) is 0 Å². The number of hydrogen-bond acceptors (Lipinski definition) is 2. The van der Waals surface area contributed by atoms with Crippen molar-refractivity contribution in [3.8, 4) is 5.75 Å². The Morgan fingerprint density at radius 1 is 1.36 bits per heavy atom. The SMILES string of the molecule is CC(C)N1CC(c2cccc(O)c2)C1. The monoisotopic (exact) mass is 191 g/mol. The predicted octanol–water partition coefficient (Wildman–Crippen LogP) is 2.20. The number of likely N-dealkylation sites (tertiary alicyclic amines) is 1. The van der Waals surface area contributed by atoms with E-state index >= 15 is 0 Å². The van der Waals surface area contributed by atoms with E-state index < -0.39 is 0 Å². The Kier molecular flexibility index (Phi) is 2.46. The molecule has 0 radical (unpaired) electrons. The normalized spacial score (nSPS) is 18.5. The second-order valence-electron chi connectivity index (χ2n) is 4.34. The van der Waals surface area contributed by atoms with Crippen LogP contribution in [0.4, 0.5) is 0 Å². The highest BCUT2D eigenvalue weighted by Gasteiger charge is 2.29. The van der Waals surface area contributed by atoms with E-state index in [0.29, 0.717) is 17.7 Å². The summed E-state index contributed by atoms with van der Waals surface area (Å²) in [6.07, 6.45) is 0. The van der Waals surface area contributed by atoms with E-state index in [9.17, 15) is 5.11 Å². The number of hydrogen-bond donors (Lipinski definition) is 1. The van der Waals surface area contributed by atoms with Gasteiger partial charge < -0.3 is 5.11 Å². The van der Waals surface area contributed by atoms with Crippen LogP contribution in [0.5, 0.6) is 5.75 Å². The zero-order valence-electron chi connectivity index (χ0n) is 8.77. The molecule has 76 valence electrons. The van der Waals surface area contributed by atoms with Crippen molar-refractivity contribution in [3.05, 3.63) is 29.8 Å². The van der Waals surface area contributed by atoms with Gasteiger partial charge in [0.05, 0.1) is 0 Å². The summed E-state index contributed by atoms with van der Waals surface area (Å²) in [6.45, 7) is 6.69. The van der Waals surface area contributed by atoms with E-state index in [1.807, 2.05) is 12.1 Å². The summed E-state index contributed by atoms with van der Waals surface area (Å²) in [5.74, 6) is 0.995. The molecule has 0 atom stereocenters. The molecule has 1 heterocycles. The van der Waals surface area contributed by atoms with Crippen LogP contribution in [0.1, 0.15) is 25.3 Å². The van der Waals surface area contributed by atoms with Crippen LogP contribution in [0, 0.1) is 0 Å². The lowest BCUT2D eigenvalue weighted by atomic mass is 9.90. The third-order valence-electron chi connectivity index (χ3n) is 2.98. The summed E-state index contributed by atoms with van der Waals surface area (Å²) in [4.78, 5) is 2.44. The number of nitrogens with zero attached hydrogens (tertiary/aromatic N) is 1. The minimum atomic E-state index is 0.380. The average molecular weight is 191 g/mol. The summed E-state index contributed by atoms with van der Waals surface area (Å²) in [6, 6.07) is 8.26. The molecule has 0 bridgehead atoms. The second-order valence-corrected chi connectivity index (χ2v) is 4.34. The molecule has 14 heavy (non-hydrogen) atoms. The number of rotatable bonds is 2. The van der Waals surface area contributed by atoms with Crippen molar-refractivity contribution >= 4 is 0 Å². The van der Waals surface area contributed by atoms with Crippen molar-refractivity contribution in [2.75, 3.05) is 13.1 Å². The van der Waals surface area contributed by atoms with Crippen LogP contribution in [0.3, 0.4) is 0 Å². The molecule has 2 nitrogen and oxygen atoms in total. The Hall–Kier alpha value is -1.02. The van der Waals surface area contributed by atoms with Gasteiger partial charge in [-0.3, -0.25) is 4.90 Å². The van der Waals surface area contributed by atoms with E-state index in [2.05, 4.69) is 24.8 Å². The standard InChI is InChI=1S/C12H17NO/c1-9(2)13-7-11(8-13)10-4-3-5-12(14)6-10/h3-6,9,11,14H,7-8H2,1-2H3. The van der Waals surface area contributed by atoms with Gasteiger partial charge >= 0.3 is 0 Å². The summed E-state index contributed by atoms with van der Waals surface area (Å²) >= 11 is 0. The predicted molar refractivity (Wildman–Crippen MR) is 57.6 cm³/mol. The first-order valence-corrected chi connectivity index (χ1v) is 5.20. The zero-order chi connectivity index (χ0) is 10.1. The van der Waals surface area contributed by atoms with Gasteiger partial charge in [0.2, 0.25) is 0 Å². The van der Waals surface area contributed by atoms with Crippen LogP contribution in [-0.4, -0.2) is 29.1 Å². The minimum absolute atomic E-state index is 0.380. The molecule has 0 amide bonds. The van der Waals surface area contributed by atoms with Crippen LogP contribution in [-0.2, 0) is 0 Å². The first kappa shape index (κ1) is 9.53. The fraction of sp³-hybridized carbons (Fsp3) is 0.500. The lowest BCUT2D eigenvalue weighted by molar-refractivity contribution is 0.110. The second kappa shape index (κ2) is 3.62. The van der Waals surface area contributed by atoms with Crippen molar-refractivity contribution in [1.82, 2.24) is 4.90 Å². The Morgan fingerprint density at radius 3 is 2.64 bits per heavy atom. The molecule has 0 aliphatic carbocycles. The van der Waals surface area contributed by atoms with Gasteiger partial charge in [-0.15, -0.1) is 0 Å². The lowest BCUT2D eigenvalue weighted by Crippen LogP contribution is -2.48. The van der Waals surface area contributed by atoms with Gasteiger partial charge in [-0.05, 0) is 31.5 Å². The zero-order valence-corrected chi connectivity index (χ0v) is 8.77. The van der Waals surface area contributed by atoms with E-state index in [0.717, 1.165) is 13.1 Å². The van der Waals surface area contributed by atoms with Crippen molar-refractivity contribution in [1.29, 1.82) is 0 Å². The smallest absolute Gasteiger partial charge is 0.115 e. The largest absolute Gasteiger partial charge is 0.508 e. The van der Waals surface area contributed by atoms with Gasteiger partial charge in [0.25, 0.3) is 0 Å². The molecule has 0 saturated carbocycles. The third-order valence-corrected chi connectivity index (χ3v) is 2.98. The fourth-order valence-corrected chi connectivity index (χ4v) is 1.92. The summed E-state index contributed by atoms with van der Waals surface area (Å²) in [5, 5.41) is 9.34. The molecule has 1 saturated heterocycles. The summed E-state index contributed by atoms with van der Waals surface area (Å²) < 4.78 is 0. The first-order valence-electron chi connectivity index (χ1n) is 5.20. The quantitative estimate of drug-likeness (QED) is 0.774. The maximum atomic E-state index is 9.34. The van der Waals surface area contributed by atoms with Gasteiger partial charge in [-0.25, -0.2) is 0 Å². The van der Waals surface area contributed by atoms with Crippen LogP contribution in [0.2, 0.25) is 0 Å². The van der Waals surface area contributed by atoms with Gasteiger partial charge in [0, 0.05) is 25.0 Å². The Bertz CT molecular complexity index is 316. The molecule has 1 aromatic rings. The van der Waals surface area contributed by atoms with Crippen LogP contribution < -0.4 is 0 Å². The van der Waals surface area contributed by atoms with Crippen LogP contribution in [0.25, 0.3) is 0 Å². The maximum Gasteiger partial charge on any atom is 0.115 e. The molecule has 0 aromatic heterocycles. The molecular weight excluding hydrogens is 174 g/mol. The molecule has 1 N–H and O–H groups in total. The topological polar surface area (TPSA) is 23.5 Å². The molecular formula is C12H17NO. The average Bonchev–Trinajstić information content (AvgIpc) is 2.00. The lowest BCUT2D eigenvalue weighted by Gasteiger charge is -2.42. The highest BCUT2D eigenvalue weighted by Crippen LogP contribution is 2.29. The van der Waals surface area contributed by atoms with E-state index in [1.54, 1.807) is 6.07 Å². The number of aromatic hydroxyl groups is 1. The van der Waals surface area contributed by atoms with Gasteiger partial charge in [-0.1, -0.05) is 12.1 Å². The van der Waals surface area contributed by atoms with Crippen LogP contribution >= 0.6 is 0 Å². The van der Waals surface area contributed by atoms with Crippen molar-refractivity contribution in [2.24, 2.45) is 0 Å².